The number of aromatic nitrogens is 3. The molecule has 0 radical (unpaired) electrons. The summed E-state index contributed by atoms with van der Waals surface area (Å²) >= 11 is 0. The first-order valence-corrected chi connectivity index (χ1v) is 11.7. The highest BCUT2D eigenvalue weighted by Gasteiger charge is 2.31. The summed E-state index contributed by atoms with van der Waals surface area (Å²) in [5, 5.41) is 17.8. The van der Waals surface area contributed by atoms with E-state index in [4.69, 9.17) is 4.74 Å². The highest BCUT2D eigenvalue weighted by Crippen LogP contribution is 2.25. The number of carbonyl (C=O) groups is 2. The molecule has 1 saturated heterocycles. The maximum absolute atomic E-state index is 13.4. The summed E-state index contributed by atoms with van der Waals surface area (Å²) in [4.78, 5) is 40.7. The first-order valence-electron chi connectivity index (χ1n) is 11.7. The van der Waals surface area contributed by atoms with Crippen LogP contribution in [0.25, 0.3) is 11.7 Å². The van der Waals surface area contributed by atoms with Crippen molar-refractivity contribution < 1.29 is 19.4 Å². The molecule has 10 heteroatoms. The SMILES string of the molecule is CC1CN(C(=O)C=Cc2cnn3c(O)c(C(=O)NC4CC4)c(=O)n(CC(C)(C)C)c23)CC(C)O1. The van der Waals surface area contributed by atoms with E-state index >= 15 is 0 Å². The Morgan fingerprint density at radius 1 is 1.24 bits per heavy atom. The minimum absolute atomic E-state index is 0.0332. The minimum Gasteiger partial charge on any atom is -0.492 e. The van der Waals surface area contributed by atoms with Crippen molar-refractivity contribution in [2.45, 2.75) is 72.3 Å². The van der Waals surface area contributed by atoms with Crippen molar-refractivity contribution in [3.05, 3.63) is 33.8 Å². The molecule has 1 aliphatic heterocycles. The molecule has 2 aliphatic rings. The monoisotopic (exact) mass is 471 g/mol. The van der Waals surface area contributed by atoms with Gasteiger partial charge in [-0.2, -0.15) is 9.61 Å². The van der Waals surface area contributed by atoms with E-state index in [2.05, 4.69) is 10.4 Å². The Bertz CT molecular complexity index is 1190. The number of aromatic hydroxyl groups is 1. The van der Waals surface area contributed by atoms with Gasteiger partial charge in [0.05, 0.1) is 18.4 Å². The molecule has 4 rings (SSSR count). The van der Waals surface area contributed by atoms with E-state index in [1.807, 2.05) is 34.6 Å². The van der Waals surface area contributed by atoms with Crippen LogP contribution < -0.4 is 10.9 Å². The van der Waals surface area contributed by atoms with Crippen LogP contribution in [-0.4, -0.2) is 67.3 Å². The van der Waals surface area contributed by atoms with Gasteiger partial charge in [-0.15, -0.1) is 0 Å². The van der Waals surface area contributed by atoms with Gasteiger partial charge in [0.25, 0.3) is 11.5 Å². The van der Waals surface area contributed by atoms with Crippen LogP contribution in [0, 0.1) is 5.41 Å². The predicted octanol–water partition coefficient (Wildman–Crippen LogP) is 1.79. The maximum atomic E-state index is 13.4. The van der Waals surface area contributed by atoms with E-state index in [9.17, 15) is 19.5 Å². The summed E-state index contributed by atoms with van der Waals surface area (Å²) < 4.78 is 8.34. The fourth-order valence-corrected chi connectivity index (χ4v) is 4.26. The van der Waals surface area contributed by atoms with Crippen molar-refractivity contribution in [3.8, 4) is 5.88 Å². The lowest BCUT2D eigenvalue weighted by molar-refractivity contribution is -0.137. The highest BCUT2D eigenvalue weighted by atomic mass is 16.5. The van der Waals surface area contributed by atoms with Crippen LogP contribution in [0.4, 0.5) is 0 Å². The second-order valence-corrected chi connectivity index (χ2v) is 10.6. The van der Waals surface area contributed by atoms with Gasteiger partial charge in [-0.05, 0) is 38.2 Å². The van der Waals surface area contributed by atoms with Gasteiger partial charge >= 0.3 is 0 Å². The Morgan fingerprint density at radius 2 is 1.88 bits per heavy atom. The molecule has 2 aromatic rings. The molecule has 2 N–H and O–H groups in total. The van der Waals surface area contributed by atoms with Gasteiger partial charge in [-0.25, -0.2) is 0 Å². The molecule has 0 aromatic carbocycles. The fourth-order valence-electron chi connectivity index (χ4n) is 4.26. The first kappa shape index (κ1) is 24.0. The molecule has 2 fully saturated rings. The molecule has 10 nitrogen and oxygen atoms in total. The molecule has 1 aliphatic carbocycles. The third kappa shape index (κ3) is 5.01. The zero-order valence-corrected chi connectivity index (χ0v) is 20.4. The van der Waals surface area contributed by atoms with E-state index in [0.717, 1.165) is 12.8 Å². The highest BCUT2D eigenvalue weighted by molar-refractivity contribution is 5.97. The van der Waals surface area contributed by atoms with Crippen LogP contribution in [0.2, 0.25) is 0 Å². The van der Waals surface area contributed by atoms with E-state index in [-0.39, 0.29) is 41.7 Å². The van der Waals surface area contributed by atoms with E-state index in [0.29, 0.717) is 24.3 Å². The Hall–Kier alpha value is -3.14. The van der Waals surface area contributed by atoms with Gasteiger partial charge in [0.2, 0.25) is 11.8 Å². The average molecular weight is 472 g/mol. The minimum atomic E-state index is -0.604. The number of nitrogens with one attached hydrogen (secondary N) is 1. The summed E-state index contributed by atoms with van der Waals surface area (Å²) in [5.41, 5.74) is -0.390. The molecule has 2 unspecified atom stereocenters. The van der Waals surface area contributed by atoms with E-state index in [1.54, 1.807) is 11.0 Å². The number of nitrogens with zero attached hydrogens (tertiary/aromatic N) is 4. The maximum Gasteiger partial charge on any atom is 0.270 e. The number of morpholine rings is 1. The number of amides is 2. The molecule has 0 bridgehead atoms. The lowest BCUT2D eigenvalue weighted by Gasteiger charge is -2.34. The largest absolute Gasteiger partial charge is 0.492 e. The second-order valence-electron chi connectivity index (χ2n) is 10.6. The number of carbonyl (C=O) groups excluding carboxylic acids is 2. The van der Waals surface area contributed by atoms with Gasteiger partial charge in [0.15, 0.2) is 5.56 Å². The van der Waals surface area contributed by atoms with Gasteiger partial charge in [-0.3, -0.25) is 19.0 Å². The third-order valence-electron chi connectivity index (χ3n) is 5.82. The van der Waals surface area contributed by atoms with Crippen molar-refractivity contribution >= 4 is 23.5 Å². The van der Waals surface area contributed by atoms with Crippen molar-refractivity contribution in [1.82, 2.24) is 24.4 Å². The second kappa shape index (κ2) is 8.90. The zero-order valence-electron chi connectivity index (χ0n) is 20.4. The summed E-state index contributed by atoms with van der Waals surface area (Å²) in [6, 6.07) is 0.0332. The smallest absolute Gasteiger partial charge is 0.270 e. The van der Waals surface area contributed by atoms with Crippen LogP contribution in [0.3, 0.4) is 0 Å². The van der Waals surface area contributed by atoms with Crippen molar-refractivity contribution in [1.29, 1.82) is 0 Å². The Labute approximate surface area is 198 Å². The Morgan fingerprint density at radius 3 is 2.47 bits per heavy atom. The topological polar surface area (TPSA) is 118 Å². The number of fused-ring (bicyclic) bond motifs is 1. The summed E-state index contributed by atoms with van der Waals surface area (Å²) in [7, 11) is 0. The molecular weight excluding hydrogens is 438 g/mol. The first-order chi connectivity index (χ1) is 15.9. The molecule has 2 aromatic heterocycles. The number of rotatable bonds is 5. The lowest BCUT2D eigenvalue weighted by Crippen LogP contribution is -2.47. The summed E-state index contributed by atoms with van der Waals surface area (Å²) in [5.74, 6) is -1.28. The Balaban J connectivity index is 1.75. The molecule has 1 saturated carbocycles. The summed E-state index contributed by atoms with van der Waals surface area (Å²) in [6.07, 6.45) is 6.13. The van der Waals surface area contributed by atoms with E-state index in [1.165, 1.54) is 21.4 Å². The molecule has 2 amide bonds. The lowest BCUT2D eigenvalue weighted by atomic mass is 9.96. The number of hydrogen-bond donors (Lipinski definition) is 2. The van der Waals surface area contributed by atoms with Gasteiger partial charge in [0.1, 0.15) is 5.65 Å². The van der Waals surface area contributed by atoms with E-state index < -0.39 is 17.3 Å². The number of hydrogen-bond acceptors (Lipinski definition) is 6. The van der Waals surface area contributed by atoms with Crippen LogP contribution in [0.5, 0.6) is 5.88 Å². The van der Waals surface area contributed by atoms with Gasteiger partial charge in [-0.1, -0.05) is 20.8 Å². The Kier molecular flexibility index (Phi) is 6.28. The zero-order chi connectivity index (χ0) is 24.8. The number of ether oxygens (including phenoxy) is 1. The molecule has 34 heavy (non-hydrogen) atoms. The molecule has 3 heterocycles. The van der Waals surface area contributed by atoms with Crippen molar-refractivity contribution in [3.63, 3.8) is 0 Å². The van der Waals surface area contributed by atoms with Crippen molar-refractivity contribution in [2.75, 3.05) is 13.1 Å². The molecular formula is C24H33N5O5. The normalized spacial score (nSPS) is 21.4. The van der Waals surface area contributed by atoms with Crippen LogP contribution >= 0.6 is 0 Å². The standard InChI is InChI=1S/C24H33N5O5/c1-14-11-27(12-15(2)34-14)18(30)9-6-16-10-25-29-21(16)28(13-24(3,4)5)22(32)19(23(29)33)20(31)26-17-7-8-17/h6,9-10,14-15,17,33H,7-8,11-13H2,1-5H3,(H,26,31). The van der Waals surface area contributed by atoms with Crippen LogP contribution in [-0.2, 0) is 16.1 Å². The average Bonchev–Trinajstić information content (AvgIpc) is 3.43. The van der Waals surface area contributed by atoms with Gasteiger partial charge < -0.3 is 20.1 Å². The molecule has 184 valence electrons. The van der Waals surface area contributed by atoms with Crippen LogP contribution in [0.1, 0.15) is 63.4 Å². The molecule has 0 spiro atoms. The van der Waals surface area contributed by atoms with Crippen molar-refractivity contribution in [2.24, 2.45) is 5.41 Å². The third-order valence-corrected chi connectivity index (χ3v) is 5.82. The molecule has 2 atom stereocenters. The quantitative estimate of drug-likeness (QED) is 0.642. The fraction of sp³-hybridized carbons (Fsp3) is 0.583. The predicted molar refractivity (Wildman–Crippen MR) is 127 cm³/mol. The summed E-state index contributed by atoms with van der Waals surface area (Å²) in [6.45, 7) is 11.1. The van der Waals surface area contributed by atoms with Crippen LogP contribution in [0.15, 0.2) is 17.1 Å². The van der Waals surface area contributed by atoms with Gasteiger partial charge in [0, 0.05) is 37.3 Å².